The molecule has 2 aromatic heterocycles. The van der Waals surface area contributed by atoms with Crippen LogP contribution in [0.5, 0.6) is 5.75 Å². The standard InChI is InChI=1S/C18H18ClN5O/c19-14-10-21-11-17(18(14)25-13-3-4-20-9-13)24-8-12-1-2-15-16(7-12)23-6-5-22-15/h1-2,5-7,10-11,13,20,24H,3-4,8-9H2/t13-/m1/s1. The van der Waals surface area contributed by atoms with Gasteiger partial charge in [-0.1, -0.05) is 17.7 Å². The van der Waals surface area contributed by atoms with Crippen LogP contribution in [0.15, 0.2) is 43.0 Å². The van der Waals surface area contributed by atoms with Gasteiger partial charge in [-0.3, -0.25) is 15.0 Å². The van der Waals surface area contributed by atoms with Gasteiger partial charge in [0.15, 0.2) is 5.75 Å². The van der Waals surface area contributed by atoms with E-state index in [0.717, 1.165) is 41.8 Å². The van der Waals surface area contributed by atoms with Crippen LogP contribution >= 0.6 is 11.6 Å². The smallest absolute Gasteiger partial charge is 0.164 e. The van der Waals surface area contributed by atoms with Gasteiger partial charge in [-0.25, -0.2) is 0 Å². The summed E-state index contributed by atoms with van der Waals surface area (Å²) in [6.45, 7) is 2.42. The topological polar surface area (TPSA) is 72.0 Å². The highest BCUT2D eigenvalue weighted by atomic mass is 35.5. The van der Waals surface area contributed by atoms with Crippen molar-refractivity contribution in [2.45, 2.75) is 19.1 Å². The van der Waals surface area contributed by atoms with Crippen LogP contribution in [0.4, 0.5) is 5.69 Å². The van der Waals surface area contributed by atoms with Crippen molar-refractivity contribution in [1.29, 1.82) is 0 Å². The predicted molar refractivity (Wildman–Crippen MR) is 98.0 cm³/mol. The number of pyridine rings is 1. The van der Waals surface area contributed by atoms with Crippen molar-refractivity contribution in [3.05, 3.63) is 53.6 Å². The van der Waals surface area contributed by atoms with Crippen LogP contribution in [-0.4, -0.2) is 34.1 Å². The molecule has 0 unspecified atom stereocenters. The molecular formula is C18H18ClN5O. The van der Waals surface area contributed by atoms with Gasteiger partial charge in [0.25, 0.3) is 0 Å². The zero-order valence-corrected chi connectivity index (χ0v) is 14.3. The number of nitrogens with one attached hydrogen (secondary N) is 2. The lowest BCUT2D eigenvalue weighted by Gasteiger charge is -2.18. The molecule has 0 aliphatic carbocycles. The molecular weight excluding hydrogens is 338 g/mol. The third-order valence-electron chi connectivity index (χ3n) is 4.17. The van der Waals surface area contributed by atoms with E-state index < -0.39 is 0 Å². The number of aromatic nitrogens is 3. The molecule has 25 heavy (non-hydrogen) atoms. The molecule has 2 N–H and O–H groups in total. The summed E-state index contributed by atoms with van der Waals surface area (Å²) in [6.07, 6.45) is 7.85. The van der Waals surface area contributed by atoms with E-state index in [1.165, 1.54) is 0 Å². The van der Waals surface area contributed by atoms with Crippen molar-refractivity contribution in [1.82, 2.24) is 20.3 Å². The molecule has 1 aliphatic heterocycles. The summed E-state index contributed by atoms with van der Waals surface area (Å²) in [4.78, 5) is 12.8. The minimum atomic E-state index is 0.136. The molecule has 0 amide bonds. The second-order valence-electron chi connectivity index (χ2n) is 5.96. The Balaban J connectivity index is 1.52. The van der Waals surface area contributed by atoms with E-state index in [-0.39, 0.29) is 6.10 Å². The summed E-state index contributed by atoms with van der Waals surface area (Å²) >= 11 is 6.30. The molecule has 1 aliphatic rings. The molecule has 1 saturated heterocycles. The molecule has 0 saturated carbocycles. The van der Waals surface area contributed by atoms with Crippen molar-refractivity contribution >= 4 is 28.3 Å². The summed E-state index contributed by atoms with van der Waals surface area (Å²) in [5, 5.41) is 7.17. The second kappa shape index (κ2) is 7.21. The van der Waals surface area contributed by atoms with Crippen LogP contribution in [-0.2, 0) is 6.54 Å². The third-order valence-corrected chi connectivity index (χ3v) is 4.44. The SMILES string of the molecule is Clc1cncc(NCc2ccc3nccnc3c2)c1O[C@@H]1CCNC1. The highest BCUT2D eigenvalue weighted by molar-refractivity contribution is 6.32. The first kappa shape index (κ1) is 16.1. The Labute approximate surface area is 150 Å². The Kier molecular flexibility index (Phi) is 4.63. The number of fused-ring (bicyclic) bond motifs is 1. The average Bonchev–Trinajstić information content (AvgIpc) is 3.15. The van der Waals surface area contributed by atoms with E-state index in [2.05, 4.69) is 25.6 Å². The summed E-state index contributed by atoms with van der Waals surface area (Å²) in [7, 11) is 0. The van der Waals surface area contributed by atoms with Gasteiger partial charge >= 0.3 is 0 Å². The molecule has 0 bridgehead atoms. The van der Waals surface area contributed by atoms with E-state index >= 15 is 0 Å². The second-order valence-corrected chi connectivity index (χ2v) is 6.37. The van der Waals surface area contributed by atoms with Crippen LogP contribution in [0.25, 0.3) is 11.0 Å². The molecule has 4 rings (SSSR count). The van der Waals surface area contributed by atoms with Gasteiger partial charge in [0, 0.05) is 31.7 Å². The molecule has 0 radical (unpaired) electrons. The fourth-order valence-electron chi connectivity index (χ4n) is 2.88. The van der Waals surface area contributed by atoms with Gasteiger partial charge in [0.1, 0.15) is 11.1 Å². The number of hydrogen-bond acceptors (Lipinski definition) is 6. The molecule has 1 fully saturated rings. The third kappa shape index (κ3) is 3.65. The number of anilines is 1. The average molecular weight is 356 g/mol. The van der Waals surface area contributed by atoms with Crippen molar-refractivity contribution < 1.29 is 4.74 Å². The lowest BCUT2D eigenvalue weighted by molar-refractivity contribution is 0.224. The first-order valence-corrected chi connectivity index (χ1v) is 8.62. The van der Waals surface area contributed by atoms with E-state index in [1.54, 1.807) is 24.8 Å². The zero-order chi connectivity index (χ0) is 17.1. The van der Waals surface area contributed by atoms with E-state index in [9.17, 15) is 0 Å². The van der Waals surface area contributed by atoms with E-state index in [1.807, 2.05) is 18.2 Å². The largest absolute Gasteiger partial charge is 0.485 e. The van der Waals surface area contributed by atoms with Crippen molar-refractivity contribution in [2.75, 3.05) is 18.4 Å². The maximum absolute atomic E-state index is 6.30. The predicted octanol–water partition coefficient (Wildman–Crippen LogP) is 3.03. The zero-order valence-electron chi connectivity index (χ0n) is 13.6. The Morgan fingerprint density at radius 1 is 1.20 bits per heavy atom. The lowest BCUT2D eigenvalue weighted by atomic mass is 10.2. The van der Waals surface area contributed by atoms with Crippen LogP contribution < -0.4 is 15.4 Å². The molecule has 7 heteroatoms. The van der Waals surface area contributed by atoms with Crippen molar-refractivity contribution in [2.24, 2.45) is 0 Å². The van der Waals surface area contributed by atoms with Gasteiger partial charge in [-0.05, 0) is 30.7 Å². The first-order chi connectivity index (χ1) is 12.3. The number of ether oxygens (including phenoxy) is 1. The summed E-state index contributed by atoms with van der Waals surface area (Å²) in [5.41, 5.74) is 3.65. The van der Waals surface area contributed by atoms with Crippen molar-refractivity contribution in [3.63, 3.8) is 0 Å². The molecule has 128 valence electrons. The van der Waals surface area contributed by atoms with Crippen molar-refractivity contribution in [3.8, 4) is 5.75 Å². The number of benzene rings is 1. The Hall–Kier alpha value is -2.44. The Bertz CT molecular complexity index is 882. The maximum atomic E-state index is 6.30. The van der Waals surface area contributed by atoms with Gasteiger partial charge < -0.3 is 15.4 Å². The summed E-state index contributed by atoms with van der Waals surface area (Å²) < 4.78 is 6.08. The quantitative estimate of drug-likeness (QED) is 0.733. The molecule has 0 spiro atoms. The van der Waals surface area contributed by atoms with Gasteiger partial charge in [0.2, 0.25) is 0 Å². The number of halogens is 1. The van der Waals surface area contributed by atoms with E-state index in [4.69, 9.17) is 16.3 Å². The summed E-state index contributed by atoms with van der Waals surface area (Å²) in [6, 6.07) is 6.02. The molecule has 1 atom stereocenters. The number of nitrogens with zero attached hydrogens (tertiary/aromatic N) is 3. The number of rotatable bonds is 5. The Morgan fingerprint density at radius 2 is 2.08 bits per heavy atom. The van der Waals surface area contributed by atoms with Crippen LogP contribution in [0.1, 0.15) is 12.0 Å². The molecule has 3 aromatic rings. The lowest BCUT2D eigenvalue weighted by Crippen LogP contribution is -2.20. The fourth-order valence-corrected chi connectivity index (χ4v) is 3.08. The van der Waals surface area contributed by atoms with Crippen LogP contribution in [0.3, 0.4) is 0 Å². The summed E-state index contributed by atoms with van der Waals surface area (Å²) in [5.74, 6) is 0.658. The van der Waals surface area contributed by atoms with Gasteiger partial charge in [-0.2, -0.15) is 0 Å². The monoisotopic (exact) mass is 355 g/mol. The number of hydrogen-bond donors (Lipinski definition) is 2. The van der Waals surface area contributed by atoms with Crippen LogP contribution in [0.2, 0.25) is 5.02 Å². The molecule has 6 nitrogen and oxygen atoms in total. The van der Waals surface area contributed by atoms with E-state index in [0.29, 0.717) is 17.3 Å². The maximum Gasteiger partial charge on any atom is 0.164 e. The van der Waals surface area contributed by atoms with Crippen LogP contribution in [0, 0.1) is 0 Å². The van der Waals surface area contributed by atoms with Gasteiger partial charge in [-0.15, -0.1) is 0 Å². The minimum Gasteiger partial charge on any atom is -0.485 e. The van der Waals surface area contributed by atoms with Gasteiger partial charge in [0.05, 0.1) is 22.9 Å². The molecule has 3 heterocycles. The highest BCUT2D eigenvalue weighted by Crippen LogP contribution is 2.33. The Morgan fingerprint density at radius 3 is 2.92 bits per heavy atom. The highest BCUT2D eigenvalue weighted by Gasteiger charge is 2.19. The minimum absolute atomic E-state index is 0.136. The normalized spacial score (nSPS) is 16.9. The molecule has 1 aromatic carbocycles. The first-order valence-electron chi connectivity index (χ1n) is 8.24. The fraction of sp³-hybridized carbons (Fsp3) is 0.278.